The van der Waals surface area contributed by atoms with Crippen molar-refractivity contribution < 1.29 is 24.6 Å². The number of hydrogen-bond acceptors (Lipinski definition) is 3. The van der Waals surface area contributed by atoms with Gasteiger partial charge < -0.3 is 15.1 Å². The number of benzene rings is 1. The summed E-state index contributed by atoms with van der Waals surface area (Å²) in [6.45, 7) is 0.362. The highest BCUT2D eigenvalue weighted by molar-refractivity contribution is 5.91. The largest absolute Gasteiger partial charge is 0.481 e. The van der Waals surface area contributed by atoms with Crippen LogP contribution >= 0.6 is 0 Å². The molecule has 20 heavy (non-hydrogen) atoms. The molecule has 1 aromatic rings. The molecule has 2 rings (SSSR count). The summed E-state index contributed by atoms with van der Waals surface area (Å²) in [6.07, 6.45) is -0.443. The Kier molecular flexibility index (Phi) is 4.02. The first-order valence-electron chi connectivity index (χ1n) is 6.26. The molecule has 2 unspecified atom stereocenters. The van der Waals surface area contributed by atoms with Crippen LogP contribution in [-0.2, 0) is 20.9 Å². The summed E-state index contributed by atoms with van der Waals surface area (Å²) in [6, 6.07) is 9.20. The van der Waals surface area contributed by atoms with E-state index in [0.717, 1.165) is 5.56 Å². The number of nitrogens with zero attached hydrogens (tertiary/aromatic N) is 1. The monoisotopic (exact) mass is 277 g/mol. The molecule has 1 amide bonds. The van der Waals surface area contributed by atoms with Gasteiger partial charge in [0.15, 0.2) is 0 Å². The Hall–Kier alpha value is -2.37. The number of rotatable bonds is 5. The maximum absolute atomic E-state index is 12.2. The number of carboxylic acid groups (broad SMARTS) is 2. The molecular weight excluding hydrogens is 262 g/mol. The molecule has 2 atom stereocenters. The second kappa shape index (κ2) is 5.73. The van der Waals surface area contributed by atoms with Crippen LogP contribution in [-0.4, -0.2) is 39.5 Å². The predicted octanol–water partition coefficient (Wildman–Crippen LogP) is 0.821. The zero-order valence-electron chi connectivity index (χ0n) is 10.7. The Balaban J connectivity index is 2.14. The van der Waals surface area contributed by atoms with Crippen LogP contribution in [0.5, 0.6) is 0 Å². The van der Waals surface area contributed by atoms with Crippen molar-refractivity contribution in [2.24, 2.45) is 11.8 Å². The quantitative estimate of drug-likeness (QED) is 0.830. The van der Waals surface area contributed by atoms with Gasteiger partial charge in [0.25, 0.3) is 0 Å². The van der Waals surface area contributed by atoms with Crippen LogP contribution in [0.1, 0.15) is 12.0 Å². The summed E-state index contributed by atoms with van der Waals surface area (Å²) in [5, 5.41) is 17.9. The van der Waals surface area contributed by atoms with E-state index in [1.54, 1.807) is 0 Å². The average Bonchev–Trinajstić information content (AvgIpc) is 2.69. The van der Waals surface area contributed by atoms with Crippen molar-refractivity contribution in [3.8, 4) is 0 Å². The van der Waals surface area contributed by atoms with Gasteiger partial charge in [0.1, 0.15) is 0 Å². The fourth-order valence-electron chi connectivity index (χ4n) is 2.48. The molecule has 0 aromatic heterocycles. The van der Waals surface area contributed by atoms with Crippen LogP contribution in [0.15, 0.2) is 30.3 Å². The second-order valence-corrected chi connectivity index (χ2v) is 4.85. The van der Waals surface area contributed by atoms with Crippen LogP contribution in [0, 0.1) is 11.8 Å². The number of hydrogen-bond donors (Lipinski definition) is 2. The molecule has 2 N–H and O–H groups in total. The fourth-order valence-corrected chi connectivity index (χ4v) is 2.48. The van der Waals surface area contributed by atoms with Gasteiger partial charge in [-0.05, 0) is 5.56 Å². The molecule has 0 radical (unpaired) electrons. The molecule has 0 aliphatic carbocycles. The lowest BCUT2D eigenvalue weighted by atomic mass is 9.93. The molecule has 6 nitrogen and oxygen atoms in total. The minimum Gasteiger partial charge on any atom is -0.481 e. The van der Waals surface area contributed by atoms with E-state index in [-0.39, 0.29) is 6.54 Å². The van der Waals surface area contributed by atoms with Crippen LogP contribution in [0.3, 0.4) is 0 Å². The molecule has 1 aliphatic rings. The first-order chi connectivity index (χ1) is 9.49. The van der Waals surface area contributed by atoms with Crippen LogP contribution in [0.4, 0.5) is 0 Å². The van der Waals surface area contributed by atoms with E-state index in [1.165, 1.54) is 4.90 Å². The Morgan fingerprint density at radius 1 is 1.20 bits per heavy atom. The molecule has 1 aliphatic heterocycles. The topological polar surface area (TPSA) is 94.9 Å². The molecule has 0 spiro atoms. The summed E-state index contributed by atoms with van der Waals surface area (Å²) in [5.74, 6) is -4.61. The minimum absolute atomic E-state index is 0.0566. The van der Waals surface area contributed by atoms with E-state index in [0.29, 0.717) is 6.54 Å². The van der Waals surface area contributed by atoms with Crippen LogP contribution in [0.25, 0.3) is 0 Å². The van der Waals surface area contributed by atoms with Crippen LogP contribution < -0.4 is 0 Å². The molecule has 1 fully saturated rings. The van der Waals surface area contributed by atoms with Crippen molar-refractivity contribution in [2.75, 3.05) is 6.54 Å². The first-order valence-corrected chi connectivity index (χ1v) is 6.26. The number of amides is 1. The number of likely N-dealkylation sites (tertiary alicyclic amines) is 1. The zero-order valence-corrected chi connectivity index (χ0v) is 10.7. The van der Waals surface area contributed by atoms with Gasteiger partial charge in [0, 0.05) is 13.1 Å². The van der Waals surface area contributed by atoms with E-state index in [9.17, 15) is 14.4 Å². The van der Waals surface area contributed by atoms with E-state index in [2.05, 4.69) is 0 Å². The lowest BCUT2D eigenvalue weighted by molar-refractivity contribution is -0.147. The van der Waals surface area contributed by atoms with E-state index >= 15 is 0 Å². The Morgan fingerprint density at radius 3 is 2.40 bits per heavy atom. The SMILES string of the molecule is O=C(O)CC1C(=O)N(Cc2ccccc2)CC1C(=O)O. The van der Waals surface area contributed by atoms with Gasteiger partial charge in [-0.25, -0.2) is 0 Å². The number of carbonyl (C=O) groups excluding carboxylic acids is 1. The summed E-state index contributed by atoms with van der Waals surface area (Å²) < 4.78 is 0. The Bertz CT molecular complexity index is 528. The van der Waals surface area contributed by atoms with Crippen molar-refractivity contribution in [2.45, 2.75) is 13.0 Å². The van der Waals surface area contributed by atoms with Gasteiger partial charge >= 0.3 is 11.9 Å². The van der Waals surface area contributed by atoms with Crippen molar-refractivity contribution in [3.63, 3.8) is 0 Å². The molecule has 0 saturated carbocycles. The third kappa shape index (κ3) is 2.96. The maximum Gasteiger partial charge on any atom is 0.309 e. The lowest BCUT2D eigenvalue weighted by Crippen LogP contribution is -2.28. The van der Waals surface area contributed by atoms with Gasteiger partial charge in [-0.15, -0.1) is 0 Å². The maximum atomic E-state index is 12.2. The van der Waals surface area contributed by atoms with Crippen molar-refractivity contribution in [1.82, 2.24) is 4.90 Å². The second-order valence-electron chi connectivity index (χ2n) is 4.85. The van der Waals surface area contributed by atoms with E-state index < -0.39 is 36.1 Å². The number of carboxylic acids is 2. The summed E-state index contributed by atoms with van der Waals surface area (Å²) >= 11 is 0. The van der Waals surface area contributed by atoms with Gasteiger partial charge in [0.2, 0.25) is 5.91 Å². The standard InChI is InChI=1S/C14H15NO5/c16-12(17)6-10-11(14(19)20)8-15(13(10)18)7-9-4-2-1-3-5-9/h1-5,10-11H,6-8H2,(H,16,17)(H,19,20). The van der Waals surface area contributed by atoms with E-state index in [1.807, 2.05) is 30.3 Å². The van der Waals surface area contributed by atoms with E-state index in [4.69, 9.17) is 10.2 Å². The average molecular weight is 277 g/mol. The van der Waals surface area contributed by atoms with Crippen molar-refractivity contribution in [1.29, 1.82) is 0 Å². The molecule has 1 heterocycles. The number of carbonyl (C=O) groups is 3. The molecule has 1 saturated heterocycles. The summed E-state index contributed by atoms with van der Waals surface area (Å²) in [5.41, 5.74) is 0.890. The summed E-state index contributed by atoms with van der Waals surface area (Å²) in [4.78, 5) is 35.5. The molecule has 6 heteroatoms. The molecule has 106 valence electrons. The molecular formula is C14H15NO5. The number of aliphatic carboxylic acids is 2. The highest BCUT2D eigenvalue weighted by Crippen LogP contribution is 2.29. The summed E-state index contributed by atoms with van der Waals surface area (Å²) in [7, 11) is 0. The van der Waals surface area contributed by atoms with Crippen LogP contribution in [0.2, 0.25) is 0 Å². The molecule has 0 bridgehead atoms. The smallest absolute Gasteiger partial charge is 0.309 e. The zero-order chi connectivity index (χ0) is 14.7. The van der Waals surface area contributed by atoms with Crippen molar-refractivity contribution >= 4 is 17.8 Å². The minimum atomic E-state index is -1.16. The fraction of sp³-hybridized carbons (Fsp3) is 0.357. The third-order valence-electron chi connectivity index (χ3n) is 3.46. The third-order valence-corrected chi connectivity index (χ3v) is 3.46. The lowest BCUT2D eigenvalue weighted by Gasteiger charge is -2.16. The van der Waals surface area contributed by atoms with Gasteiger partial charge in [-0.3, -0.25) is 14.4 Å². The molecule has 1 aromatic carbocycles. The van der Waals surface area contributed by atoms with Crippen molar-refractivity contribution in [3.05, 3.63) is 35.9 Å². The highest BCUT2D eigenvalue weighted by atomic mass is 16.4. The highest BCUT2D eigenvalue weighted by Gasteiger charge is 2.45. The van der Waals surface area contributed by atoms with Gasteiger partial charge in [-0.2, -0.15) is 0 Å². The van der Waals surface area contributed by atoms with Gasteiger partial charge in [0.05, 0.1) is 18.3 Å². The Labute approximate surface area is 115 Å². The first kappa shape index (κ1) is 14.0. The Morgan fingerprint density at radius 2 is 1.85 bits per heavy atom. The van der Waals surface area contributed by atoms with Gasteiger partial charge in [-0.1, -0.05) is 30.3 Å². The predicted molar refractivity (Wildman–Crippen MR) is 68.7 cm³/mol. The normalized spacial score (nSPS) is 22.0.